The van der Waals surface area contributed by atoms with Gasteiger partial charge in [-0.15, -0.1) is 0 Å². The summed E-state index contributed by atoms with van der Waals surface area (Å²) in [5, 5.41) is 3.04. The molecule has 0 unspecified atom stereocenters. The molecule has 4 nitrogen and oxygen atoms in total. The summed E-state index contributed by atoms with van der Waals surface area (Å²) in [6.45, 7) is 4.52. The van der Waals surface area contributed by atoms with Crippen molar-refractivity contribution in [1.29, 1.82) is 0 Å². The minimum atomic E-state index is 0.0779. The Morgan fingerprint density at radius 3 is 2.16 bits per heavy atom. The molecular weight excluding hydrogens is 396 g/mol. The topological polar surface area (TPSA) is 41.6 Å². The van der Waals surface area contributed by atoms with Crippen LogP contribution in [0.4, 0.5) is 0 Å². The van der Waals surface area contributed by atoms with E-state index in [1.165, 1.54) is 30.4 Å². The van der Waals surface area contributed by atoms with Gasteiger partial charge in [0.25, 0.3) is 0 Å². The third-order valence-corrected chi connectivity index (χ3v) is 5.95. The van der Waals surface area contributed by atoms with E-state index in [2.05, 4.69) is 58.7 Å². The van der Waals surface area contributed by atoms with Crippen LogP contribution in [-0.2, 0) is 17.8 Å². The van der Waals surface area contributed by atoms with Gasteiger partial charge in [-0.3, -0.25) is 4.79 Å². The van der Waals surface area contributed by atoms with Crippen molar-refractivity contribution in [2.45, 2.75) is 32.3 Å². The van der Waals surface area contributed by atoms with Crippen LogP contribution < -0.4 is 10.1 Å². The molecule has 0 aliphatic carbocycles. The zero-order valence-electron chi connectivity index (χ0n) is 18.6. The van der Waals surface area contributed by atoms with E-state index in [1.54, 1.807) is 0 Å². The molecule has 1 aliphatic heterocycles. The number of ether oxygens (including phenoxy) is 1. The predicted molar refractivity (Wildman–Crippen MR) is 130 cm³/mol. The van der Waals surface area contributed by atoms with Gasteiger partial charge in [-0.05, 0) is 60.3 Å². The van der Waals surface area contributed by atoms with Crippen molar-refractivity contribution in [3.63, 3.8) is 0 Å². The van der Waals surface area contributed by atoms with Crippen LogP contribution in [0, 0.1) is 0 Å². The Morgan fingerprint density at radius 1 is 0.781 bits per heavy atom. The fraction of sp³-hybridized carbons (Fsp3) is 0.321. The first-order chi connectivity index (χ1) is 15.8. The SMILES string of the molecule is O=C(Cc1ccc(OCc2ccc(-c3ccccc3)cc2)cc1)NCCN1CCCCC1. The summed E-state index contributed by atoms with van der Waals surface area (Å²) >= 11 is 0. The number of rotatable bonds is 9. The molecule has 166 valence electrons. The van der Waals surface area contributed by atoms with Crippen molar-refractivity contribution in [1.82, 2.24) is 10.2 Å². The number of benzene rings is 3. The number of piperidine rings is 1. The lowest BCUT2D eigenvalue weighted by Crippen LogP contribution is -2.38. The van der Waals surface area contributed by atoms with Gasteiger partial charge < -0.3 is 15.0 Å². The van der Waals surface area contributed by atoms with E-state index in [-0.39, 0.29) is 5.91 Å². The van der Waals surface area contributed by atoms with Crippen molar-refractivity contribution in [2.24, 2.45) is 0 Å². The second-order valence-electron chi connectivity index (χ2n) is 8.42. The van der Waals surface area contributed by atoms with Crippen LogP contribution in [0.15, 0.2) is 78.9 Å². The standard InChI is InChI=1S/C28H32N2O2/c31-28(29-17-20-30-18-5-2-6-19-30)21-23-11-15-27(16-12-23)32-22-24-9-13-26(14-10-24)25-7-3-1-4-8-25/h1,3-4,7-16H,2,5-6,17-22H2,(H,29,31). The molecule has 0 spiro atoms. The Labute approximate surface area is 191 Å². The highest BCUT2D eigenvalue weighted by molar-refractivity contribution is 5.78. The summed E-state index contributed by atoms with van der Waals surface area (Å²) in [4.78, 5) is 14.7. The van der Waals surface area contributed by atoms with Gasteiger partial charge in [0.1, 0.15) is 12.4 Å². The molecule has 0 aromatic heterocycles. The lowest BCUT2D eigenvalue weighted by molar-refractivity contribution is -0.120. The molecule has 0 bridgehead atoms. The molecular formula is C28H32N2O2. The van der Waals surface area contributed by atoms with Gasteiger partial charge in [0.2, 0.25) is 5.91 Å². The lowest BCUT2D eigenvalue weighted by Gasteiger charge is -2.26. The quantitative estimate of drug-likeness (QED) is 0.517. The molecule has 32 heavy (non-hydrogen) atoms. The van der Waals surface area contributed by atoms with Crippen molar-refractivity contribution in [3.8, 4) is 16.9 Å². The number of carbonyl (C=O) groups is 1. The van der Waals surface area contributed by atoms with Crippen LogP contribution >= 0.6 is 0 Å². The monoisotopic (exact) mass is 428 g/mol. The first kappa shape index (κ1) is 22.1. The average Bonchev–Trinajstić information content (AvgIpc) is 2.85. The summed E-state index contributed by atoms with van der Waals surface area (Å²) in [6.07, 6.45) is 4.30. The first-order valence-electron chi connectivity index (χ1n) is 11.6. The number of carbonyl (C=O) groups excluding carboxylic acids is 1. The average molecular weight is 429 g/mol. The van der Waals surface area contributed by atoms with Gasteiger partial charge >= 0.3 is 0 Å². The van der Waals surface area contributed by atoms with Crippen LogP contribution in [0.1, 0.15) is 30.4 Å². The molecule has 4 heteroatoms. The van der Waals surface area contributed by atoms with Crippen LogP contribution in [0.25, 0.3) is 11.1 Å². The molecule has 3 aromatic carbocycles. The molecule has 0 saturated carbocycles. The highest BCUT2D eigenvalue weighted by Gasteiger charge is 2.10. The Balaban J connectivity index is 1.19. The third-order valence-electron chi connectivity index (χ3n) is 5.95. The minimum absolute atomic E-state index is 0.0779. The van der Waals surface area contributed by atoms with Crippen molar-refractivity contribution in [3.05, 3.63) is 90.0 Å². The number of hydrogen-bond acceptors (Lipinski definition) is 3. The zero-order chi connectivity index (χ0) is 22.0. The summed E-state index contributed by atoms with van der Waals surface area (Å²) in [5.41, 5.74) is 4.54. The van der Waals surface area contributed by atoms with Crippen molar-refractivity contribution < 1.29 is 9.53 Å². The molecule has 3 aromatic rings. The summed E-state index contributed by atoms with van der Waals surface area (Å²) in [7, 11) is 0. The maximum Gasteiger partial charge on any atom is 0.224 e. The van der Waals surface area contributed by atoms with Gasteiger partial charge in [0.05, 0.1) is 6.42 Å². The largest absolute Gasteiger partial charge is 0.489 e. The first-order valence-corrected chi connectivity index (χ1v) is 11.6. The number of hydrogen-bond donors (Lipinski definition) is 1. The van der Waals surface area contributed by atoms with Gasteiger partial charge in [0, 0.05) is 13.1 Å². The Morgan fingerprint density at radius 2 is 1.44 bits per heavy atom. The van der Waals surface area contributed by atoms with Crippen LogP contribution in [0.5, 0.6) is 5.75 Å². The van der Waals surface area contributed by atoms with Crippen molar-refractivity contribution in [2.75, 3.05) is 26.2 Å². The van der Waals surface area contributed by atoms with Crippen LogP contribution in [0.2, 0.25) is 0 Å². The number of likely N-dealkylation sites (tertiary alicyclic amines) is 1. The van der Waals surface area contributed by atoms with Crippen LogP contribution in [-0.4, -0.2) is 37.0 Å². The number of amides is 1. The fourth-order valence-corrected chi connectivity index (χ4v) is 4.08. The smallest absolute Gasteiger partial charge is 0.224 e. The van der Waals surface area contributed by atoms with E-state index in [9.17, 15) is 4.79 Å². The molecule has 4 rings (SSSR count). The molecule has 0 radical (unpaired) electrons. The maximum absolute atomic E-state index is 12.2. The normalized spacial score (nSPS) is 14.1. The number of nitrogens with one attached hydrogen (secondary N) is 1. The van der Waals surface area contributed by atoms with E-state index in [1.807, 2.05) is 30.3 Å². The third kappa shape index (κ3) is 6.69. The Kier molecular flexibility index (Phi) is 7.94. The molecule has 0 atom stereocenters. The van der Waals surface area contributed by atoms with Gasteiger partial charge in [-0.25, -0.2) is 0 Å². The van der Waals surface area contributed by atoms with Crippen molar-refractivity contribution >= 4 is 5.91 Å². The highest BCUT2D eigenvalue weighted by Crippen LogP contribution is 2.20. The Hall–Kier alpha value is -3.11. The zero-order valence-corrected chi connectivity index (χ0v) is 18.6. The molecule has 1 heterocycles. The van der Waals surface area contributed by atoms with E-state index in [0.29, 0.717) is 13.0 Å². The maximum atomic E-state index is 12.2. The minimum Gasteiger partial charge on any atom is -0.489 e. The summed E-state index contributed by atoms with van der Waals surface area (Å²) in [6, 6.07) is 26.6. The van der Waals surface area contributed by atoms with E-state index in [4.69, 9.17) is 4.74 Å². The second-order valence-corrected chi connectivity index (χ2v) is 8.42. The second kappa shape index (κ2) is 11.5. The van der Waals surface area contributed by atoms with E-state index < -0.39 is 0 Å². The molecule has 1 aliphatic rings. The molecule has 1 amide bonds. The number of nitrogens with zero attached hydrogens (tertiary/aromatic N) is 1. The highest BCUT2D eigenvalue weighted by atomic mass is 16.5. The Bertz CT molecular complexity index is 963. The van der Waals surface area contributed by atoms with Gasteiger partial charge in [0.15, 0.2) is 0 Å². The fourth-order valence-electron chi connectivity index (χ4n) is 4.08. The van der Waals surface area contributed by atoms with Gasteiger partial charge in [-0.2, -0.15) is 0 Å². The van der Waals surface area contributed by atoms with E-state index >= 15 is 0 Å². The van der Waals surface area contributed by atoms with E-state index in [0.717, 1.165) is 43.1 Å². The van der Waals surface area contributed by atoms with Gasteiger partial charge in [-0.1, -0.05) is 73.2 Å². The molecule has 1 fully saturated rings. The lowest BCUT2D eigenvalue weighted by atomic mass is 10.0. The molecule has 1 N–H and O–H groups in total. The van der Waals surface area contributed by atoms with Crippen LogP contribution in [0.3, 0.4) is 0 Å². The molecule has 1 saturated heterocycles. The summed E-state index contributed by atoms with van der Waals surface area (Å²) in [5.74, 6) is 0.889. The predicted octanol–water partition coefficient (Wildman–Crippen LogP) is 5.08. The summed E-state index contributed by atoms with van der Waals surface area (Å²) < 4.78 is 5.92.